The molecule has 29 heavy (non-hydrogen) atoms. The minimum absolute atomic E-state index is 0.136. The van der Waals surface area contributed by atoms with Crippen molar-refractivity contribution in [3.8, 4) is 0 Å². The van der Waals surface area contributed by atoms with Gasteiger partial charge in [-0.2, -0.15) is 4.98 Å². The summed E-state index contributed by atoms with van der Waals surface area (Å²) in [5.74, 6) is 1.72. The van der Waals surface area contributed by atoms with E-state index in [0.717, 1.165) is 49.9 Å². The van der Waals surface area contributed by atoms with Gasteiger partial charge < -0.3 is 19.9 Å². The van der Waals surface area contributed by atoms with Crippen LogP contribution in [0, 0.1) is 0 Å². The van der Waals surface area contributed by atoms with E-state index in [1.54, 1.807) is 12.4 Å². The first-order valence-electron chi connectivity index (χ1n) is 10.3. The second kappa shape index (κ2) is 8.73. The first kappa shape index (κ1) is 19.6. The van der Waals surface area contributed by atoms with Crippen LogP contribution in [-0.4, -0.2) is 64.1 Å². The molecule has 2 aromatic heterocycles. The number of ether oxygens (including phenoxy) is 1. The molecule has 1 spiro atoms. The van der Waals surface area contributed by atoms with Crippen molar-refractivity contribution in [1.82, 2.24) is 19.9 Å². The maximum atomic E-state index is 12.6. The molecule has 2 saturated heterocycles. The zero-order valence-electron chi connectivity index (χ0n) is 16.9. The van der Waals surface area contributed by atoms with Crippen molar-refractivity contribution < 1.29 is 9.53 Å². The lowest BCUT2D eigenvalue weighted by atomic mass is 9.90. The molecule has 154 valence electrons. The number of carbonyl (C=O) groups is 1. The number of pyridine rings is 1. The monoisotopic (exact) mass is 396 g/mol. The lowest BCUT2D eigenvalue weighted by Crippen LogP contribution is -2.52. The molecule has 0 aliphatic carbocycles. The van der Waals surface area contributed by atoms with Crippen molar-refractivity contribution in [2.24, 2.45) is 0 Å². The molecule has 0 atom stereocenters. The highest BCUT2D eigenvalue weighted by Gasteiger charge is 2.40. The van der Waals surface area contributed by atoms with Crippen LogP contribution < -0.4 is 10.2 Å². The number of hydrogen-bond donors (Lipinski definition) is 1. The van der Waals surface area contributed by atoms with Gasteiger partial charge in [-0.25, -0.2) is 4.98 Å². The number of rotatable bonds is 5. The van der Waals surface area contributed by atoms with Gasteiger partial charge in [-0.1, -0.05) is 6.07 Å². The van der Waals surface area contributed by atoms with Gasteiger partial charge in [0.2, 0.25) is 11.9 Å². The summed E-state index contributed by atoms with van der Waals surface area (Å²) in [4.78, 5) is 30.2. The van der Waals surface area contributed by atoms with Gasteiger partial charge >= 0.3 is 0 Å². The molecular weight excluding hydrogens is 368 g/mol. The number of aromatic nitrogens is 3. The van der Waals surface area contributed by atoms with Crippen molar-refractivity contribution in [2.45, 2.75) is 38.3 Å². The highest BCUT2D eigenvalue weighted by molar-refractivity contribution is 5.76. The van der Waals surface area contributed by atoms with Crippen molar-refractivity contribution in [2.75, 3.05) is 43.0 Å². The van der Waals surface area contributed by atoms with Gasteiger partial charge in [-0.3, -0.25) is 9.78 Å². The zero-order chi connectivity index (χ0) is 20.1. The minimum atomic E-state index is -0.309. The Morgan fingerprint density at radius 3 is 2.79 bits per heavy atom. The highest BCUT2D eigenvalue weighted by Crippen LogP contribution is 2.32. The van der Waals surface area contributed by atoms with Gasteiger partial charge in [0.05, 0.1) is 37.4 Å². The third kappa shape index (κ3) is 4.64. The van der Waals surface area contributed by atoms with Crippen LogP contribution in [0.1, 0.15) is 31.9 Å². The molecule has 1 N–H and O–H groups in total. The van der Waals surface area contributed by atoms with E-state index in [4.69, 9.17) is 4.74 Å². The second-order valence-corrected chi connectivity index (χ2v) is 7.61. The first-order valence-corrected chi connectivity index (χ1v) is 10.3. The molecular formula is C21H28N6O2. The smallest absolute Gasteiger partial charge is 0.227 e. The first-order chi connectivity index (χ1) is 14.2. The molecule has 8 heteroatoms. The van der Waals surface area contributed by atoms with Gasteiger partial charge in [0.15, 0.2) is 0 Å². The number of piperidine rings is 1. The Kier molecular flexibility index (Phi) is 5.89. The molecule has 0 saturated carbocycles. The van der Waals surface area contributed by atoms with E-state index in [1.165, 1.54) is 0 Å². The quantitative estimate of drug-likeness (QED) is 0.828. The molecule has 0 aromatic carbocycles. The minimum Gasteiger partial charge on any atom is -0.372 e. The Hall–Kier alpha value is -2.74. The molecule has 0 unspecified atom stereocenters. The van der Waals surface area contributed by atoms with Crippen LogP contribution in [0.2, 0.25) is 0 Å². The largest absolute Gasteiger partial charge is 0.372 e. The number of nitrogens with one attached hydrogen (secondary N) is 1. The molecule has 4 heterocycles. The average molecular weight is 396 g/mol. The average Bonchev–Trinajstić information content (AvgIpc) is 2.89. The summed E-state index contributed by atoms with van der Waals surface area (Å²) in [5.41, 5.74) is 0.598. The number of carbonyl (C=O) groups excluding carboxylic acids is 1. The van der Waals surface area contributed by atoms with Crippen LogP contribution in [0.3, 0.4) is 0 Å². The molecule has 1 amide bonds. The number of anilines is 2. The Labute approximate surface area is 171 Å². The summed E-state index contributed by atoms with van der Waals surface area (Å²) in [5, 5.41) is 3.23. The Morgan fingerprint density at radius 1 is 1.17 bits per heavy atom. The summed E-state index contributed by atoms with van der Waals surface area (Å²) in [7, 11) is 0. The summed E-state index contributed by atoms with van der Waals surface area (Å²) in [6.07, 6.45) is 5.66. The predicted octanol–water partition coefficient (Wildman–Crippen LogP) is 2.09. The van der Waals surface area contributed by atoms with E-state index >= 15 is 0 Å². The molecule has 4 rings (SSSR count). The van der Waals surface area contributed by atoms with E-state index in [-0.39, 0.29) is 11.5 Å². The normalized spacial score (nSPS) is 19.3. The van der Waals surface area contributed by atoms with Gasteiger partial charge in [-0.15, -0.1) is 0 Å². The molecule has 2 aliphatic heterocycles. The van der Waals surface area contributed by atoms with Gasteiger partial charge in [0.25, 0.3) is 0 Å². The lowest BCUT2D eigenvalue weighted by molar-refractivity contribution is -0.132. The zero-order valence-corrected chi connectivity index (χ0v) is 16.9. The topological polar surface area (TPSA) is 83.5 Å². The van der Waals surface area contributed by atoms with Crippen molar-refractivity contribution in [3.63, 3.8) is 0 Å². The van der Waals surface area contributed by atoms with Crippen molar-refractivity contribution in [1.29, 1.82) is 0 Å². The SMILES string of the molecule is CCNc1ccnc(N2CCC3(CC2)CN(Cc2ccccn2)C(=O)CCO3)n1. The van der Waals surface area contributed by atoms with E-state index in [9.17, 15) is 4.79 Å². The van der Waals surface area contributed by atoms with E-state index in [1.807, 2.05) is 36.1 Å². The fourth-order valence-corrected chi connectivity index (χ4v) is 4.02. The summed E-state index contributed by atoms with van der Waals surface area (Å²) < 4.78 is 6.25. The van der Waals surface area contributed by atoms with Crippen LogP contribution in [0.5, 0.6) is 0 Å². The molecule has 0 radical (unpaired) electrons. The molecule has 8 nitrogen and oxygen atoms in total. The Morgan fingerprint density at radius 2 is 2.03 bits per heavy atom. The molecule has 2 aliphatic rings. The number of nitrogens with zero attached hydrogens (tertiary/aromatic N) is 5. The van der Waals surface area contributed by atoms with Crippen LogP contribution in [-0.2, 0) is 16.1 Å². The van der Waals surface area contributed by atoms with Gasteiger partial charge in [0, 0.05) is 32.0 Å². The number of amides is 1. The summed E-state index contributed by atoms with van der Waals surface area (Å²) in [6, 6.07) is 7.69. The van der Waals surface area contributed by atoms with Crippen LogP contribution in [0.25, 0.3) is 0 Å². The summed E-state index contributed by atoms with van der Waals surface area (Å²) in [6.45, 7) is 6.10. The summed E-state index contributed by atoms with van der Waals surface area (Å²) >= 11 is 0. The lowest BCUT2D eigenvalue weighted by Gasteiger charge is -2.42. The fraction of sp³-hybridized carbons (Fsp3) is 0.524. The fourth-order valence-electron chi connectivity index (χ4n) is 4.02. The van der Waals surface area contributed by atoms with Crippen molar-refractivity contribution >= 4 is 17.7 Å². The van der Waals surface area contributed by atoms with Crippen LogP contribution in [0.15, 0.2) is 36.7 Å². The standard InChI is InChI=1S/C21H28N6O2/c1-2-22-18-6-11-24-20(25-18)26-12-8-21(9-13-26)16-27(19(28)7-14-29-21)15-17-5-3-4-10-23-17/h3-6,10-11H,2,7-9,12-16H2,1H3,(H,22,24,25). The predicted molar refractivity (Wildman–Crippen MR) is 111 cm³/mol. The second-order valence-electron chi connectivity index (χ2n) is 7.61. The maximum Gasteiger partial charge on any atom is 0.227 e. The van der Waals surface area contributed by atoms with Gasteiger partial charge in [-0.05, 0) is 38.0 Å². The van der Waals surface area contributed by atoms with E-state index < -0.39 is 0 Å². The van der Waals surface area contributed by atoms with E-state index in [0.29, 0.717) is 26.1 Å². The molecule has 2 aromatic rings. The van der Waals surface area contributed by atoms with E-state index in [2.05, 4.69) is 25.2 Å². The molecule has 0 bridgehead atoms. The number of hydrogen-bond acceptors (Lipinski definition) is 7. The highest BCUT2D eigenvalue weighted by atomic mass is 16.5. The third-order valence-electron chi connectivity index (χ3n) is 5.59. The third-order valence-corrected chi connectivity index (χ3v) is 5.59. The Bertz CT molecular complexity index is 823. The Balaban J connectivity index is 1.43. The van der Waals surface area contributed by atoms with Gasteiger partial charge in [0.1, 0.15) is 5.82 Å². The van der Waals surface area contributed by atoms with Crippen LogP contribution >= 0.6 is 0 Å². The van der Waals surface area contributed by atoms with Crippen LogP contribution in [0.4, 0.5) is 11.8 Å². The molecule has 2 fully saturated rings. The maximum absolute atomic E-state index is 12.6. The van der Waals surface area contributed by atoms with Crippen molar-refractivity contribution in [3.05, 3.63) is 42.4 Å².